The van der Waals surface area contributed by atoms with E-state index in [1.165, 1.54) is 10.8 Å². The fourth-order valence-corrected chi connectivity index (χ4v) is 3.28. The Morgan fingerprint density at radius 2 is 2.12 bits per heavy atom. The van der Waals surface area contributed by atoms with E-state index in [0.717, 1.165) is 5.75 Å². The van der Waals surface area contributed by atoms with Crippen molar-refractivity contribution < 1.29 is 14.4 Å². The lowest BCUT2D eigenvalue weighted by atomic mass is 11.0. The van der Waals surface area contributed by atoms with Crippen LogP contribution < -0.4 is 0 Å². The molecule has 0 heterocycles. The van der Waals surface area contributed by atoms with Gasteiger partial charge in [-0.2, -0.15) is 0 Å². The molecule has 0 aromatic rings. The van der Waals surface area contributed by atoms with Crippen LogP contribution in [0.5, 0.6) is 0 Å². The van der Waals surface area contributed by atoms with Crippen molar-refractivity contribution in [2.45, 2.75) is 6.92 Å². The van der Waals surface area contributed by atoms with Crippen molar-refractivity contribution in [2.75, 3.05) is 5.75 Å². The van der Waals surface area contributed by atoms with E-state index in [-0.39, 0.29) is 0 Å². The number of hydrogen-bond acceptors (Lipinski definition) is 3. The van der Waals surface area contributed by atoms with E-state index in [9.17, 15) is 4.57 Å². The van der Waals surface area contributed by atoms with Gasteiger partial charge in [0, 0.05) is 16.2 Å². The van der Waals surface area contributed by atoms with E-state index >= 15 is 0 Å². The molecule has 50 valence electrons. The minimum Gasteiger partial charge on any atom is -0.316 e. The predicted octanol–water partition coefficient (Wildman–Crippen LogP) is 1.48. The molecule has 0 radical (unpaired) electrons. The van der Waals surface area contributed by atoms with Crippen LogP contribution in [0, 0.1) is 0 Å². The molecule has 0 bridgehead atoms. The lowest BCUT2D eigenvalue weighted by molar-refractivity contribution is 0.397. The Kier molecular flexibility index (Phi) is 4.20. The first kappa shape index (κ1) is 8.85. The van der Waals surface area contributed by atoms with Crippen LogP contribution in [0.2, 0.25) is 0 Å². The first-order valence-electron chi connectivity index (χ1n) is 1.93. The van der Waals surface area contributed by atoms with Crippen molar-refractivity contribution in [1.82, 2.24) is 0 Å². The highest BCUT2D eigenvalue weighted by atomic mass is 33.3. The lowest BCUT2D eigenvalue weighted by Crippen LogP contribution is -1.64. The van der Waals surface area contributed by atoms with E-state index < -0.39 is 6.80 Å². The molecule has 0 aliphatic rings. The van der Waals surface area contributed by atoms with Crippen molar-refractivity contribution >= 4 is 28.0 Å². The Balaban J connectivity index is 3.26. The Labute approximate surface area is 55.6 Å². The zero-order chi connectivity index (χ0) is 6.62. The summed E-state index contributed by atoms with van der Waals surface area (Å²) in [6.45, 7) is -1.96. The molecule has 6 heteroatoms. The monoisotopic (exact) mass is 174 g/mol. The van der Waals surface area contributed by atoms with Crippen LogP contribution in [0.3, 0.4) is 0 Å². The van der Waals surface area contributed by atoms with Crippen molar-refractivity contribution in [1.29, 1.82) is 0 Å². The maximum atomic E-state index is 10.0. The second-order valence-corrected chi connectivity index (χ2v) is 6.84. The van der Waals surface area contributed by atoms with Crippen LogP contribution in [0.15, 0.2) is 0 Å². The molecule has 0 aliphatic carbocycles. The molecule has 0 aromatic carbocycles. The van der Waals surface area contributed by atoms with Crippen molar-refractivity contribution in [3.05, 3.63) is 0 Å². The van der Waals surface area contributed by atoms with E-state index in [4.69, 9.17) is 9.79 Å². The summed E-state index contributed by atoms with van der Waals surface area (Å²) >= 11 is 0. The molecular formula is C2H7O3PS2. The smallest absolute Gasteiger partial charge is 0.316 e. The Morgan fingerprint density at radius 1 is 1.62 bits per heavy atom. The molecule has 0 atom stereocenters. The molecule has 0 unspecified atom stereocenters. The molecule has 3 nitrogen and oxygen atoms in total. The third-order valence-corrected chi connectivity index (χ3v) is 5.11. The normalized spacial score (nSPS) is 11.9. The highest BCUT2D eigenvalue weighted by Gasteiger charge is 2.12. The fourth-order valence-electron chi connectivity index (χ4n) is 0.121. The Bertz CT molecular complexity index is 99.5. The predicted molar refractivity (Wildman–Crippen MR) is 37.8 cm³/mol. The Morgan fingerprint density at radius 3 is 2.25 bits per heavy atom. The van der Waals surface area contributed by atoms with Crippen LogP contribution >= 0.6 is 28.0 Å². The van der Waals surface area contributed by atoms with Gasteiger partial charge in [0.1, 0.15) is 0 Å². The van der Waals surface area contributed by atoms with E-state index in [2.05, 4.69) is 0 Å². The van der Waals surface area contributed by atoms with Crippen LogP contribution in [0.1, 0.15) is 6.92 Å². The molecule has 0 saturated carbocycles. The second kappa shape index (κ2) is 3.80. The average Bonchev–Trinajstić information content (AvgIpc) is 1.59. The van der Waals surface area contributed by atoms with E-state index in [1.54, 1.807) is 0 Å². The quantitative estimate of drug-likeness (QED) is 0.501. The maximum Gasteiger partial charge on any atom is 0.394 e. The molecule has 2 N–H and O–H groups in total. The summed E-state index contributed by atoms with van der Waals surface area (Å²) in [6.07, 6.45) is 0. The van der Waals surface area contributed by atoms with Gasteiger partial charge in [0.05, 0.1) is 0 Å². The van der Waals surface area contributed by atoms with Gasteiger partial charge >= 0.3 is 6.80 Å². The summed E-state index contributed by atoms with van der Waals surface area (Å²) in [7, 11) is 1.79. The van der Waals surface area contributed by atoms with Crippen LogP contribution in [0.4, 0.5) is 0 Å². The average molecular weight is 174 g/mol. The maximum absolute atomic E-state index is 10.0. The molecular weight excluding hydrogens is 167 g/mol. The molecule has 0 rings (SSSR count). The first-order valence-corrected chi connectivity index (χ1v) is 6.46. The van der Waals surface area contributed by atoms with Gasteiger partial charge in [-0.1, -0.05) is 17.7 Å². The lowest BCUT2D eigenvalue weighted by Gasteiger charge is -1.97. The fraction of sp³-hybridized carbons (Fsp3) is 1.00. The molecule has 8 heavy (non-hydrogen) atoms. The largest absolute Gasteiger partial charge is 0.394 e. The van der Waals surface area contributed by atoms with Gasteiger partial charge in [-0.25, -0.2) is 4.57 Å². The third-order valence-electron chi connectivity index (χ3n) is 0.268. The molecule has 0 aliphatic heterocycles. The summed E-state index contributed by atoms with van der Waals surface area (Å²) in [6, 6.07) is 0. The van der Waals surface area contributed by atoms with Crippen LogP contribution in [0.25, 0.3) is 0 Å². The van der Waals surface area contributed by atoms with Gasteiger partial charge in [0.15, 0.2) is 0 Å². The highest BCUT2D eigenvalue weighted by Crippen LogP contribution is 2.56. The third kappa shape index (κ3) is 6.85. The molecule has 0 aromatic heterocycles. The molecule has 0 saturated heterocycles. The van der Waals surface area contributed by atoms with Crippen molar-refractivity contribution in [3.8, 4) is 0 Å². The van der Waals surface area contributed by atoms with Gasteiger partial charge in [0.2, 0.25) is 0 Å². The van der Waals surface area contributed by atoms with Crippen LogP contribution in [-0.4, -0.2) is 15.5 Å². The van der Waals surface area contributed by atoms with Crippen molar-refractivity contribution in [3.63, 3.8) is 0 Å². The number of hydrogen-bond donors (Lipinski definition) is 2. The minimum atomic E-state index is -3.80. The van der Waals surface area contributed by atoms with Crippen LogP contribution in [-0.2, 0) is 4.57 Å². The molecule has 0 amide bonds. The van der Waals surface area contributed by atoms with E-state index in [1.807, 2.05) is 6.92 Å². The second-order valence-electron chi connectivity index (χ2n) is 0.972. The van der Waals surface area contributed by atoms with E-state index in [0.29, 0.717) is 10.4 Å². The summed E-state index contributed by atoms with van der Waals surface area (Å²) in [5.74, 6) is 0.718. The van der Waals surface area contributed by atoms with Gasteiger partial charge in [-0.05, 0) is 0 Å². The highest BCUT2D eigenvalue weighted by molar-refractivity contribution is 8.98. The molecule has 0 spiro atoms. The van der Waals surface area contributed by atoms with Gasteiger partial charge < -0.3 is 9.79 Å². The molecule has 0 fully saturated rings. The topological polar surface area (TPSA) is 57.5 Å². The zero-order valence-electron chi connectivity index (χ0n) is 4.27. The summed E-state index contributed by atoms with van der Waals surface area (Å²) in [4.78, 5) is 16.4. The number of rotatable bonds is 3. The van der Waals surface area contributed by atoms with Gasteiger partial charge in [-0.15, -0.1) is 0 Å². The van der Waals surface area contributed by atoms with Gasteiger partial charge in [-0.3, -0.25) is 0 Å². The Hall–Kier alpha value is 0.850. The van der Waals surface area contributed by atoms with Gasteiger partial charge in [0.25, 0.3) is 0 Å². The zero-order valence-corrected chi connectivity index (χ0v) is 6.80. The summed E-state index contributed by atoms with van der Waals surface area (Å²) < 4.78 is 10.0. The first-order chi connectivity index (χ1) is 3.56. The standard InChI is InChI=1S/C2H7O3PS2/c1-2-7-8-6(3,4)5/h2H2,1H3,(H2,3,4,5). The summed E-state index contributed by atoms with van der Waals surface area (Å²) in [5.41, 5.74) is 0. The van der Waals surface area contributed by atoms with Crippen molar-refractivity contribution in [2.24, 2.45) is 0 Å². The summed E-state index contributed by atoms with van der Waals surface area (Å²) in [5, 5.41) is 0. The SMILES string of the molecule is CCSSP(=O)(O)O. The minimum absolute atomic E-state index is 0.617.